The third kappa shape index (κ3) is 4.47. The van der Waals surface area contributed by atoms with Gasteiger partial charge >= 0.3 is 0 Å². The lowest BCUT2D eigenvalue weighted by Gasteiger charge is -2.37. The summed E-state index contributed by atoms with van der Waals surface area (Å²) >= 11 is 0. The highest BCUT2D eigenvalue weighted by atomic mass is 16.5. The second-order valence-electron chi connectivity index (χ2n) is 5.09. The minimum Gasteiger partial charge on any atom is -0.378 e. The Kier molecular flexibility index (Phi) is 6.24. The molecule has 2 atom stereocenters. The molecule has 0 aromatic heterocycles. The Balaban J connectivity index is 2.41. The molecule has 0 aromatic rings. The van der Waals surface area contributed by atoms with E-state index in [1.807, 2.05) is 25.9 Å². The fourth-order valence-electron chi connectivity index (χ4n) is 1.98. The number of likely N-dealkylation sites (N-methyl/N-ethyl adjacent to an activating group) is 1. The number of nitrogens with zero attached hydrogens (tertiary/aromatic N) is 2. The van der Waals surface area contributed by atoms with E-state index < -0.39 is 6.04 Å². The molecular weight excluding hydrogens is 246 g/mol. The lowest BCUT2D eigenvalue weighted by molar-refractivity contribution is -0.149. The van der Waals surface area contributed by atoms with Gasteiger partial charge in [0.2, 0.25) is 11.8 Å². The Morgan fingerprint density at radius 1 is 1.32 bits per heavy atom. The van der Waals surface area contributed by atoms with Gasteiger partial charge in [-0.1, -0.05) is 6.92 Å². The number of amides is 2. The van der Waals surface area contributed by atoms with E-state index in [0.717, 1.165) is 6.54 Å². The fraction of sp³-hybridized carbons (Fsp3) is 0.846. The summed E-state index contributed by atoms with van der Waals surface area (Å²) in [5.41, 5.74) is 0. The summed E-state index contributed by atoms with van der Waals surface area (Å²) in [5, 5.41) is 2.73. The predicted octanol–water partition coefficient (Wildman–Crippen LogP) is -0.310. The number of hydrogen-bond acceptors (Lipinski definition) is 4. The summed E-state index contributed by atoms with van der Waals surface area (Å²) in [6, 6.07) is -0.793. The molecule has 1 heterocycles. The van der Waals surface area contributed by atoms with Gasteiger partial charge < -0.3 is 19.9 Å². The molecule has 0 aromatic carbocycles. The van der Waals surface area contributed by atoms with Crippen LogP contribution < -0.4 is 5.32 Å². The van der Waals surface area contributed by atoms with Gasteiger partial charge in [0.1, 0.15) is 12.1 Å². The van der Waals surface area contributed by atoms with Gasteiger partial charge in [-0.2, -0.15) is 0 Å². The molecule has 2 amide bonds. The van der Waals surface area contributed by atoms with E-state index >= 15 is 0 Å². The van der Waals surface area contributed by atoms with Crippen molar-refractivity contribution in [1.29, 1.82) is 0 Å². The average molecular weight is 271 g/mol. The molecule has 0 saturated carbocycles. The standard InChI is InChI=1S/C13H25N3O3/c1-5-11-13(18)16(10(2)12(17)14-11)7-9-19-8-6-15(3)4/h10-11H,5-9H2,1-4H3,(H,14,17). The van der Waals surface area contributed by atoms with E-state index in [4.69, 9.17) is 4.74 Å². The first-order valence-corrected chi connectivity index (χ1v) is 6.80. The zero-order chi connectivity index (χ0) is 14.4. The van der Waals surface area contributed by atoms with Crippen LogP contribution in [0, 0.1) is 0 Å². The number of carbonyl (C=O) groups is 2. The normalized spacial score (nSPS) is 23.9. The molecule has 2 unspecified atom stereocenters. The molecule has 6 nitrogen and oxygen atoms in total. The van der Waals surface area contributed by atoms with Crippen molar-refractivity contribution in [2.45, 2.75) is 32.4 Å². The van der Waals surface area contributed by atoms with Crippen molar-refractivity contribution >= 4 is 11.8 Å². The average Bonchev–Trinajstić information content (AvgIpc) is 2.36. The van der Waals surface area contributed by atoms with Gasteiger partial charge in [0, 0.05) is 13.1 Å². The van der Waals surface area contributed by atoms with E-state index in [2.05, 4.69) is 5.32 Å². The Morgan fingerprint density at radius 2 is 2.00 bits per heavy atom. The van der Waals surface area contributed by atoms with Gasteiger partial charge in [0.15, 0.2) is 0 Å². The molecular formula is C13H25N3O3. The van der Waals surface area contributed by atoms with E-state index in [1.54, 1.807) is 11.8 Å². The summed E-state index contributed by atoms with van der Waals surface area (Å²) in [6.07, 6.45) is 0.620. The number of hydrogen-bond donors (Lipinski definition) is 1. The monoisotopic (exact) mass is 271 g/mol. The first-order valence-electron chi connectivity index (χ1n) is 6.80. The topological polar surface area (TPSA) is 61.9 Å². The predicted molar refractivity (Wildman–Crippen MR) is 72.8 cm³/mol. The van der Waals surface area contributed by atoms with Crippen molar-refractivity contribution in [2.75, 3.05) is 40.4 Å². The molecule has 6 heteroatoms. The van der Waals surface area contributed by atoms with Gasteiger partial charge in [-0.25, -0.2) is 0 Å². The van der Waals surface area contributed by atoms with Gasteiger partial charge in [0.25, 0.3) is 0 Å². The quantitative estimate of drug-likeness (QED) is 0.645. The minimum absolute atomic E-state index is 0.00851. The molecule has 0 aliphatic carbocycles. The molecule has 0 radical (unpaired) electrons. The second-order valence-corrected chi connectivity index (χ2v) is 5.09. The molecule has 1 N–H and O–H groups in total. The SMILES string of the molecule is CCC1NC(=O)C(C)N(CCOCCN(C)C)C1=O. The Labute approximate surface area is 115 Å². The molecule has 1 saturated heterocycles. The van der Waals surface area contributed by atoms with Crippen LogP contribution in [0.1, 0.15) is 20.3 Å². The summed E-state index contributed by atoms with van der Waals surface area (Å²) in [7, 11) is 3.96. The minimum atomic E-state index is -0.409. The fourth-order valence-corrected chi connectivity index (χ4v) is 1.98. The highest BCUT2D eigenvalue weighted by Crippen LogP contribution is 2.11. The molecule has 0 spiro atoms. The number of rotatable bonds is 7. The molecule has 1 rings (SSSR count). The molecule has 1 aliphatic heterocycles. The third-order valence-electron chi connectivity index (χ3n) is 3.31. The number of piperazine rings is 1. The van der Waals surface area contributed by atoms with Crippen LogP contribution in [0.25, 0.3) is 0 Å². The Morgan fingerprint density at radius 3 is 2.58 bits per heavy atom. The molecule has 110 valence electrons. The van der Waals surface area contributed by atoms with Gasteiger partial charge in [0.05, 0.1) is 13.2 Å². The second kappa shape index (κ2) is 7.45. The number of nitrogens with one attached hydrogen (secondary N) is 1. The summed E-state index contributed by atoms with van der Waals surface area (Å²) in [5.74, 6) is -0.0921. The highest BCUT2D eigenvalue weighted by molar-refractivity contribution is 5.96. The van der Waals surface area contributed by atoms with Crippen LogP contribution in [0.4, 0.5) is 0 Å². The maximum Gasteiger partial charge on any atom is 0.245 e. The van der Waals surface area contributed by atoms with E-state index in [1.165, 1.54) is 0 Å². The van der Waals surface area contributed by atoms with Crippen molar-refractivity contribution in [1.82, 2.24) is 15.1 Å². The molecule has 19 heavy (non-hydrogen) atoms. The maximum absolute atomic E-state index is 12.1. The highest BCUT2D eigenvalue weighted by Gasteiger charge is 2.36. The first-order chi connectivity index (χ1) is 8.97. The van der Waals surface area contributed by atoms with Crippen molar-refractivity contribution in [3.05, 3.63) is 0 Å². The van der Waals surface area contributed by atoms with Crippen molar-refractivity contribution in [3.8, 4) is 0 Å². The van der Waals surface area contributed by atoms with Gasteiger partial charge in [-0.3, -0.25) is 9.59 Å². The smallest absolute Gasteiger partial charge is 0.245 e. The third-order valence-corrected chi connectivity index (χ3v) is 3.31. The largest absolute Gasteiger partial charge is 0.378 e. The zero-order valence-electron chi connectivity index (χ0n) is 12.3. The molecule has 1 fully saturated rings. The van der Waals surface area contributed by atoms with Crippen LogP contribution in [-0.2, 0) is 14.3 Å². The first kappa shape index (κ1) is 15.9. The van der Waals surface area contributed by atoms with Crippen LogP contribution in [-0.4, -0.2) is 74.1 Å². The van der Waals surface area contributed by atoms with Crippen LogP contribution in [0.15, 0.2) is 0 Å². The van der Waals surface area contributed by atoms with E-state index in [0.29, 0.717) is 26.2 Å². The van der Waals surface area contributed by atoms with E-state index in [-0.39, 0.29) is 17.9 Å². The van der Waals surface area contributed by atoms with Crippen LogP contribution in [0.5, 0.6) is 0 Å². The number of ether oxygens (including phenoxy) is 1. The van der Waals surface area contributed by atoms with Gasteiger partial charge in [-0.15, -0.1) is 0 Å². The van der Waals surface area contributed by atoms with Crippen LogP contribution in [0.2, 0.25) is 0 Å². The van der Waals surface area contributed by atoms with Crippen LogP contribution in [0.3, 0.4) is 0 Å². The van der Waals surface area contributed by atoms with Crippen molar-refractivity contribution < 1.29 is 14.3 Å². The Bertz CT molecular complexity index is 320. The maximum atomic E-state index is 12.1. The number of carbonyl (C=O) groups excluding carboxylic acids is 2. The van der Waals surface area contributed by atoms with Gasteiger partial charge in [-0.05, 0) is 27.4 Å². The van der Waals surface area contributed by atoms with Crippen LogP contribution >= 0.6 is 0 Å². The Hall–Kier alpha value is -1.14. The lowest BCUT2D eigenvalue weighted by atomic mass is 10.1. The molecule has 1 aliphatic rings. The lowest BCUT2D eigenvalue weighted by Crippen LogP contribution is -2.62. The summed E-state index contributed by atoms with van der Waals surface area (Å²) < 4.78 is 5.48. The van der Waals surface area contributed by atoms with Crippen molar-refractivity contribution in [2.24, 2.45) is 0 Å². The summed E-state index contributed by atoms with van der Waals surface area (Å²) in [4.78, 5) is 27.5. The van der Waals surface area contributed by atoms with E-state index in [9.17, 15) is 9.59 Å². The zero-order valence-corrected chi connectivity index (χ0v) is 12.3. The van der Waals surface area contributed by atoms with Crippen molar-refractivity contribution in [3.63, 3.8) is 0 Å². The summed E-state index contributed by atoms with van der Waals surface area (Å²) in [6.45, 7) is 6.06. The molecule has 0 bridgehead atoms.